The van der Waals surface area contributed by atoms with E-state index in [1.165, 1.54) is 13.8 Å². The lowest BCUT2D eigenvalue weighted by Gasteiger charge is -2.17. The largest absolute Gasteiger partial charge is 0.466 e. The predicted octanol–water partition coefficient (Wildman–Crippen LogP) is 3.18. The third-order valence-electron chi connectivity index (χ3n) is 4.74. The Morgan fingerprint density at radius 3 is 2.44 bits per heavy atom. The first-order valence-corrected chi connectivity index (χ1v) is 10.3. The van der Waals surface area contributed by atoms with Crippen molar-refractivity contribution in [2.24, 2.45) is 7.05 Å². The van der Waals surface area contributed by atoms with Crippen molar-refractivity contribution in [3.05, 3.63) is 67.6 Å². The molecule has 192 valence electrons. The standard InChI is InChI=1S/C21H17ClF4N4O6/c1-9(19(32)34-4)35-18-15(8-27-10(2)28-18)36-14-6-13(12(23)5-11(14)22)30-17(31)7-16(21(24,25)26)29(3)20(30)33/h5-9H,1-4H3. The first kappa shape index (κ1) is 26.7. The number of benzene rings is 1. The number of methoxy groups -OCH3 is 1. The molecule has 2 aromatic heterocycles. The molecular weight excluding hydrogens is 516 g/mol. The van der Waals surface area contributed by atoms with E-state index in [1.54, 1.807) is 0 Å². The van der Waals surface area contributed by atoms with Gasteiger partial charge < -0.3 is 14.2 Å². The van der Waals surface area contributed by atoms with Crippen LogP contribution < -0.4 is 20.7 Å². The Morgan fingerprint density at radius 2 is 1.83 bits per heavy atom. The highest BCUT2D eigenvalue weighted by Gasteiger charge is 2.35. The van der Waals surface area contributed by atoms with E-state index in [0.717, 1.165) is 26.4 Å². The molecule has 3 aromatic rings. The number of hydrogen-bond donors (Lipinski definition) is 0. The lowest BCUT2D eigenvalue weighted by molar-refractivity contribution is -0.148. The average Bonchev–Trinajstić information content (AvgIpc) is 2.79. The molecular formula is C21H17ClF4N4O6. The van der Waals surface area contributed by atoms with Gasteiger partial charge in [-0.2, -0.15) is 18.2 Å². The Hall–Kier alpha value is -3.94. The summed E-state index contributed by atoms with van der Waals surface area (Å²) in [6.07, 6.45) is -4.95. The van der Waals surface area contributed by atoms with E-state index in [0.29, 0.717) is 6.07 Å². The number of halogens is 5. The van der Waals surface area contributed by atoms with Crippen LogP contribution in [0.3, 0.4) is 0 Å². The number of hydrogen-bond acceptors (Lipinski definition) is 8. The number of ether oxygens (including phenoxy) is 3. The molecule has 1 atom stereocenters. The van der Waals surface area contributed by atoms with E-state index in [-0.39, 0.29) is 43.4 Å². The van der Waals surface area contributed by atoms with Gasteiger partial charge in [0.1, 0.15) is 23.1 Å². The van der Waals surface area contributed by atoms with Crippen molar-refractivity contribution in [3.8, 4) is 23.1 Å². The molecule has 0 saturated carbocycles. The third-order valence-corrected chi connectivity index (χ3v) is 5.03. The number of rotatable bonds is 6. The molecule has 0 aliphatic carbocycles. The van der Waals surface area contributed by atoms with Crippen LogP contribution >= 0.6 is 11.6 Å². The van der Waals surface area contributed by atoms with Gasteiger partial charge in [0, 0.05) is 19.2 Å². The molecule has 0 radical (unpaired) electrons. The zero-order chi connectivity index (χ0) is 26.9. The molecule has 0 saturated heterocycles. The van der Waals surface area contributed by atoms with Gasteiger partial charge in [-0.3, -0.25) is 9.36 Å². The summed E-state index contributed by atoms with van der Waals surface area (Å²) < 4.78 is 70.1. The van der Waals surface area contributed by atoms with Crippen molar-refractivity contribution in [3.63, 3.8) is 0 Å². The fraction of sp³-hybridized carbons (Fsp3) is 0.286. The summed E-state index contributed by atoms with van der Waals surface area (Å²) >= 11 is 6.06. The van der Waals surface area contributed by atoms with Gasteiger partial charge in [0.25, 0.3) is 11.4 Å². The van der Waals surface area contributed by atoms with Crippen molar-refractivity contribution in [1.29, 1.82) is 0 Å². The van der Waals surface area contributed by atoms with E-state index in [4.69, 9.17) is 21.1 Å². The summed E-state index contributed by atoms with van der Waals surface area (Å²) in [5.41, 5.74) is -5.14. The van der Waals surface area contributed by atoms with Crippen molar-refractivity contribution >= 4 is 17.6 Å². The van der Waals surface area contributed by atoms with Crippen LogP contribution in [-0.2, 0) is 22.8 Å². The van der Waals surface area contributed by atoms with Gasteiger partial charge in [0.15, 0.2) is 6.10 Å². The topological polar surface area (TPSA) is 115 Å². The molecule has 3 rings (SSSR count). The molecule has 36 heavy (non-hydrogen) atoms. The molecule has 0 bridgehead atoms. The molecule has 1 unspecified atom stereocenters. The van der Waals surface area contributed by atoms with Crippen LogP contribution in [0.25, 0.3) is 5.69 Å². The summed E-state index contributed by atoms with van der Waals surface area (Å²) in [5.74, 6) is -2.42. The normalized spacial score (nSPS) is 12.2. The number of nitrogens with zero attached hydrogens (tertiary/aromatic N) is 4. The summed E-state index contributed by atoms with van der Waals surface area (Å²) in [5, 5.41) is -0.333. The number of alkyl halides is 3. The maximum absolute atomic E-state index is 14.7. The zero-order valence-corrected chi connectivity index (χ0v) is 19.8. The van der Waals surface area contributed by atoms with E-state index >= 15 is 0 Å². The van der Waals surface area contributed by atoms with Crippen LogP contribution in [0.1, 0.15) is 18.4 Å². The number of carbonyl (C=O) groups is 1. The van der Waals surface area contributed by atoms with Crippen molar-refractivity contribution in [2.75, 3.05) is 7.11 Å². The molecule has 0 N–H and O–H groups in total. The number of aromatic nitrogens is 4. The maximum atomic E-state index is 14.7. The van der Waals surface area contributed by atoms with Gasteiger partial charge in [-0.1, -0.05) is 11.6 Å². The summed E-state index contributed by atoms with van der Waals surface area (Å²) in [6.45, 7) is 2.90. The second-order valence-electron chi connectivity index (χ2n) is 7.25. The molecule has 2 heterocycles. The Kier molecular flexibility index (Phi) is 7.38. The molecule has 0 aliphatic heterocycles. The molecule has 1 aromatic carbocycles. The molecule has 0 spiro atoms. The summed E-state index contributed by atoms with van der Waals surface area (Å²) in [7, 11) is 1.93. The van der Waals surface area contributed by atoms with E-state index in [1.807, 2.05) is 0 Å². The van der Waals surface area contributed by atoms with Gasteiger partial charge in [-0.05, 0) is 19.9 Å². The lowest BCUT2D eigenvalue weighted by Crippen LogP contribution is -2.41. The first-order chi connectivity index (χ1) is 16.7. The van der Waals surface area contributed by atoms with Crippen LogP contribution in [0, 0.1) is 12.7 Å². The van der Waals surface area contributed by atoms with Crippen molar-refractivity contribution in [1.82, 2.24) is 19.1 Å². The number of esters is 1. The van der Waals surface area contributed by atoms with E-state index < -0.39 is 46.7 Å². The van der Waals surface area contributed by atoms with Gasteiger partial charge in [-0.25, -0.2) is 23.5 Å². The highest BCUT2D eigenvalue weighted by Crippen LogP contribution is 2.36. The highest BCUT2D eigenvalue weighted by atomic mass is 35.5. The summed E-state index contributed by atoms with van der Waals surface area (Å²) in [6, 6.07) is 1.69. The predicted molar refractivity (Wildman–Crippen MR) is 116 cm³/mol. The van der Waals surface area contributed by atoms with E-state index in [2.05, 4.69) is 14.7 Å². The molecule has 0 fully saturated rings. The zero-order valence-electron chi connectivity index (χ0n) is 19.0. The highest BCUT2D eigenvalue weighted by molar-refractivity contribution is 6.32. The van der Waals surface area contributed by atoms with Crippen LogP contribution in [0.2, 0.25) is 5.02 Å². The SMILES string of the molecule is COC(=O)C(C)Oc1nc(C)ncc1Oc1cc(-n2c(=O)cc(C(F)(F)F)n(C)c2=O)c(F)cc1Cl. The van der Waals surface area contributed by atoms with Crippen LogP contribution in [-0.4, -0.2) is 38.3 Å². The Balaban J connectivity index is 2.12. The van der Waals surface area contributed by atoms with Gasteiger partial charge in [0.2, 0.25) is 5.75 Å². The van der Waals surface area contributed by atoms with Gasteiger partial charge >= 0.3 is 17.8 Å². The minimum Gasteiger partial charge on any atom is -0.466 e. The number of aryl methyl sites for hydroxylation is 1. The smallest absolute Gasteiger partial charge is 0.431 e. The minimum atomic E-state index is -5.00. The van der Waals surface area contributed by atoms with Crippen molar-refractivity contribution in [2.45, 2.75) is 26.1 Å². The molecule has 0 amide bonds. The Morgan fingerprint density at radius 1 is 1.17 bits per heavy atom. The second-order valence-corrected chi connectivity index (χ2v) is 7.66. The quantitative estimate of drug-likeness (QED) is 0.351. The minimum absolute atomic E-state index is 0.157. The monoisotopic (exact) mass is 532 g/mol. The third kappa shape index (κ3) is 5.32. The molecule has 15 heteroatoms. The van der Waals surface area contributed by atoms with Crippen LogP contribution in [0.5, 0.6) is 17.4 Å². The second kappa shape index (κ2) is 9.97. The van der Waals surface area contributed by atoms with Gasteiger partial charge in [0.05, 0.1) is 24.0 Å². The average molecular weight is 533 g/mol. The number of carbonyl (C=O) groups excluding carboxylic acids is 1. The summed E-state index contributed by atoms with van der Waals surface area (Å²) in [4.78, 5) is 44.7. The molecule has 0 aliphatic rings. The van der Waals surface area contributed by atoms with Crippen molar-refractivity contribution < 1.29 is 36.6 Å². The van der Waals surface area contributed by atoms with Crippen LogP contribution in [0.4, 0.5) is 17.6 Å². The maximum Gasteiger partial charge on any atom is 0.431 e. The molecule has 10 nitrogen and oxygen atoms in total. The first-order valence-electron chi connectivity index (χ1n) is 9.90. The Labute approximate surface area is 204 Å². The Bertz CT molecular complexity index is 1450. The fourth-order valence-electron chi connectivity index (χ4n) is 2.98. The lowest BCUT2D eigenvalue weighted by atomic mass is 10.2. The fourth-order valence-corrected chi connectivity index (χ4v) is 3.17. The van der Waals surface area contributed by atoms with Crippen LogP contribution in [0.15, 0.2) is 34.0 Å². The van der Waals surface area contributed by atoms with Gasteiger partial charge in [-0.15, -0.1) is 0 Å². The van der Waals surface area contributed by atoms with E-state index in [9.17, 15) is 31.9 Å².